The molecule has 1 unspecified atom stereocenters. The minimum atomic E-state index is -0.463. The van der Waals surface area contributed by atoms with Crippen LogP contribution < -0.4 is 0 Å². The molecule has 18 heavy (non-hydrogen) atoms. The fourth-order valence-corrected chi connectivity index (χ4v) is 2.19. The van der Waals surface area contributed by atoms with Crippen LogP contribution in [0.3, 0.4) is 0 Å². The van der Waals surface area contributed by atoms with Gasteiger partial charge in [-0.15, -0.1) is 0 Å². The van der Waals surface area contributed by atoms with Crippen molar-refractivity contribution >= 4 is 6.09 Å². The normalized spacial score (nSPS) is 25.1. The van der Waals surface area contributed by atoms with Gasteiger partial charge < -0.3 is 14.7 Å². The summed E-state index contributed by atoms with van der Waals surface area (Å²) >= 11 is 0. The highest BCUT2D eigenvalue weighted by Crippen LogP contribution is 2.32. The molecule has 1 aliphatic rings. The predicted molar refractivity (Wildman–Crippen MR) is 68.1 cm³/mol. The summed E-state index contributed by atoms with van der Waals surface area (Å²) in [6.45, 7) is 3.89. The van der Waals surface area contributed by atoms with Gasteiger partial charge in [0.1, 0.15) is 6.10 Å². The molecule has 0 saturated carbocycles. The Morgan fingerprint density at radius 2 is 2.22 bits per heavy atom. The SMILES string of the molecule is CCC(O)c1cccc([C@H]2OC(=O)N(C)[C@H]2C)c1. The number of carbonyl (C=O) groups excluding carboxylic acids is 1. The lowest BCUT2D eigenvalue weighted by Gasteiger charge is -2.18. The van der Waals surface area contributed by atoms with E-state index >= 15 is 0 Å². The number of hydrogen-bond donors (Lipinski definition) is 1. The number of hydrogen-bond acceptors (Lipinski definition) is 3. The molecule has 3 atom stereocenters. The first kappa shape index (κ1) is 12.9. The maximum Gasteiger partial charge on any atom is 0.410 e. The molecule has 1 aliphatic heterocycles. The van der Waals surface area contributed by atoms with E-state index in [1.54, 1.807) is 11.9 Å². The molecule has 4 heteroatoms. The van der Waals surface area contributed by atoms with Gasteiger partial charge in [-0.3, -0.25) is 0 Å². The fourth-order valence-electron chi connectivity index (χ4n) is 2.19. The molecule has 1 N–H and O–H groups in total. The summed E-state index contributed by atoms with van der Waals surface area (Å²) < 4.78 is 5.35. The Hall–Kier alpha value is -1.55. The quantitative estimate of drug-likeness (QED) is 0.896. The minimum Gasteiger partial charge on any atom is -0.439 e. The fraction of sp³-hybridized carbons (Fsp3) is 0.500. The van der Waals surface area contributed by atoms with E-state index in [-0.39, 0.29) is 18.2 Å². The average molecular weight is 249 g/mol. The highest BCUT2D eigenvalue weighted by Gasteiger charge is 2.37. The molecule has 0 radical (unpaired) electrons. The maximum absolute atomic E-state index is 11.5. The number of ether oxygens (including phenoxy) is 1. The van der Waals surface area contributed by atoms with Gasteiger partial charge in [0.15, 0.2) is 0 Å². The molecule has 2 rings (SSSR count). The van der Waals surface area contributed by atoms with Gasteiger partial charge in [0.2, 0.25) is 0 Å². The molecule has 4 nitrogen and oxygen atoms in total. The molecule has 1 amide bonds. The van der Waals surface area contributed by atoms with E-state index in [0.29, 0.717) is 6.42 Å². The van der Waals surface area contributed by atoms with Gasteiger partial charge in [-0.25, -0.2) is 4.79 Å². The van der Waals surface area contributed by atoms with E-state index < -0.39 is 6.10 Å². The van der Waals surface area contributed by atoms with Crippen molar-refractivity contribution < 1.29 is 14.6 Å². The van der Waals surface area contributed by atoms with Crippen LogP contribution in [0.5, 0.6) is 0 Å². The number of likely N-dealkylation sites (N-methyl/N-ethyl adjacent to an activating group) is 1. The summed E-state index contributed by atoms with van der Waals surface area (Å²) in [7, 11) is 1.73. The van der Waals surface area contributed by atoms with Gasteiger partial charge in [0.25, 0.3) is 0 Å². The van der Waals surface area contributed by atoms with E-state index in [1.807, 2.05) is 38.1 Å². The Balaban J connectivity index is 2.26. The third-order valence-electron chi connectivity index (χ3n) is 3.58. The van der Waals surface area contributed by atoms with Crippen LogP contribution in [-0.4, -0.2) is 29.2 Å². The smallest absolute Gasteiger partial charge is 0.410 e. The van der Waals surface area contributed by atoms with Gasteiger partial charge in [-0.1, -0.05) is 25.1 Å². The van der Waals surface area contributed by atoms with Crippen LogP contribution in [0.4, 0.5) is 4.79 Å². The van der Waals surface area contributed by atoms with Gasteiger partial charge in [-0.2, -0.15) is 0 Å². The molecule has 98 valence electrons. The minimum absolute atomic E-state index is 0.00604. The second kappa shape index (κ2) is 4.98. The number of cyclic esters (lactones) is 1. The first-order chi connectivity index (χ1) is 8.54. The van der Waals surface area contributed by atoms with Crippen molar-refractivity contribution in [3.8, 4) is 0 Å². The highest BCUT2D eigenvalue weighted by atomic mass is 16.6. The molecule has 1 fully saturated rings. The lowest BCUT2D eigenvalue weighted by molar-refractivity contribution is 0.131. The Kier molecular flexibility index (Phi) is 3.57. The van der Waals surface area contributed by atoms with Crippen LogP contribution in [0.1, 0.15) is 43.6 Å². The Bertz CT molecular complexity index is 446. The van der Waals surface area contributed by atoms with Crippen molar-refractivity contribution in [2.24, 2.45) is 0 Å². The number of aliphatic hydroxyl groups is 1. The predicted octanol–water partition coefficient (Wildman–Crippen LogP) is 2.64. The molecule has 1 aromatic rings. The lowest BCUT2D eigenvalue weighted by Crippen LogP contribution is -2.27. The monoisotopic (exact) mass is 249 g/mol. The van der Waals surface area contributed by atoms with Crippen LogP contribution in [0.2, 0.25) is 0 Å². The van der Waals surface area contributed by atoms with Crippen molar-refractivity contribution in [2.75, 3.05) is 7.05 Å². The Morgan fingerprint density at radius 3 is 2.78 bits per heavy atom. The van der Waals surface area contributed by atoms with Gasteiger partial charge in [0, 0.05) is 7.05 Å². The van der Waals surface area contributed by atoms with Crippen molar-refractivity contribution in [3.63, 3.8) is 0 Å². The van der Waals surface area contributed by atoms with E-state index in [9.17, 15) is 9.90 Å². The maximum atomic E-state index is 11.5. The number of carbonyl (C=O) groups is 1. The number of rotatable bonds is 3. The zero-order chi connectivity index (χ0) is 13.3. The largest absolute Gasteiger partial charge is 0.439 e. The summed E-state index contributed by atoms with van der Waals surface area (Å²) in [5, 5.41) is 9.85. The average Bonchev–Trinajstić information content (AvgIpc) is 2.66. The first-order valence-corrected chi connectivity index (χ1v) is 6.26. The molecule has 0 aromatic heterocycles. The second-order valence-electron chi connectivity index (χ2n) is 4.75. The van der Waals surface area contributed by atoms with Crippen LogP contribution in [-0.2, 0) is 4.74 Å². The van der Waals surface area contributed by atoms with Crippen molar-refractivity contribution in [3.05, 3.63) is 35.4 Å². The zero-order valence-corrected chi connectivity index (χ0v) is 11.0. The standard InChI is InChI=1S/C14H19NO3/c1-4-12(16)10-6-5-7-11(8-10)13-9(2)15(3)14(17)18-13/h5-9,12-13,16H,4H2,1-3H3/t9-,12?,13-/m0/s1. The first-order valence-electron chi connectivity index (χ1n) is 6.26. The Labute approximate surface area is 107 Å². The Morgan fingerprint density at radius 1 is 1.50 bits per heavy atom. The van der Waals surface area contributed by atoms with E-state index in [1.165, 1.54) is 0 Å². The van der Waals surface area contributed by atoms with Gasteiger partial charge in [0.05, 0.1) is 12.1 Å². The lowest BCUT2D eigenvalue weighted by atomic mass is 9.98. The van der Waals surface area contributed by atoms with Crippen molar-refractivity contribution in [2.45, 2.75) is 38.5 Å². The molecule has 1 aromatic carbocycles. The van der Waals surface area contributed by atoms with Crippen LogP contribution in [0.25, 0.3) is 0 Å². The zero-order valence-electron chi connectivity index (χ0n) is 11.0. The topological polar surface area (TPSA) is 49.8 Å². The van der Waals surface area contributed by atoms with Crippen molar-refractivity contribution in [1.29, 1.82) is 0 Å². The number of benzene rings is 1. The van der Waals surface area contributed by atoms with Crippen LogP contribution >= 0.6 is 0 Å². The summed E-state index contributed by atoms with van der Waals surface area (Å²) in [5.74, 6) is 0. The molecule has 1 heterocycles. The molecular weight excluding hydrogens is 230 g/mol. The van der Waals surface area contributed by atoms with E-state index in [2.05, 4.69) is 0 Å². The van der Waals surface area contributed by atoms with Gasteiger partial charge in [-0.05, 0) is 30.5 Å². The molecule has 1 saturated heterocycles. The molecule has 0 spiro atoms. The third kappa shape index (κ3) is 2.20. The third-order valence-corrected chi connectivity index (χ3v) is 3.58. The van der Waals surface area contributed by atoms with Crippen LogP contribution in [0, 0.1) is 0 Å². The van der Waals surface area contributed by atoms with Crippen LogP contribution in [0.15, 0.2) is 24.3 Å². The van der Waals surface area contributed by atoms with E-state index in [4.69, 9.17) is 4.74 Å². The highest BCUT2D eigenvalue weighted by molar-refractivity contribution is 5.70. The summed E-state index contributed by atoms with van der Waals surface area (Å²) in [6, 6.07) is 7.64. The summed E-state index contributed by atoms with van der Waals surface area (Å²) in [5.41, 5.74) is 1.80. The van der Waals surface area contributed by atoms with Crippen molar-refractivity contribution in [1.82, 2.24) is 4.90 Å². The molecular formula is C14H19NO3. The molecule has 0 bridgehead atoms. The van der Waals surface area contributed by atoms with Gasteiger partial charge >= 0.3 is 6.09 Å². The second-order valence-corrected chi connectivity index (χ2v) is 4.75. The number of nitrogens with zero attached hydrogens (tertiary/aromatic N) is 1. The number of aliphatic hydroxyl groups excluding tert-OH is 1. The summed E-state index contributed by atoms with van der Waals surface area (Å²) in [4.78, 5) is 13.1. The number of amides is 1. The summed E-state index contributed by atoms with van der Waals surface area (Å²) in [6.07, 6.45) is -0.348. The molecule has 0 aliphatic carbocycles. The van der Waals surface area contributed by atoms with E-state index in [0.717, 1.165) is 11.1 Å².